The minimum absolute atomic E-state index is 0.110. The molecule has 0 atom stereocenters. The zero-order valence-electron chi connectivity index (χ0n) is 14.2. The quantitative estimate of drug-likeness (QED) is 0.454. The summed E-state index contributed by atoms with van der Waals surface area (Å²) in [5, 5.41) is 10.5. The lowest BCUT2D eigenvalue weighted by molar-refractivity contribution is -0.107. The van der Waals surface area contributed by atoms with Crippen LogP contribution < -0.4 is 11.7 Å². The lowest BCUT2D eigenvalue weighted by atomic mass is 9.78. The monoisotopic (exact) mass is 294 g/mol. The molecule has 0 saturated heterocycles. The third-order valence-corrected chi connectivity index (χ3v) is 3.34. The van der Waals surface area contributed by atoms with Gasteiger partial charge in [-0.3, -0.25) is 11.7 Å². The van der Waals surface area contributed by atoms with Crippen molar-refractivity contribution < 1.29 is 9.90 Å². The number of hydrazine groups is 1. The minimum Gasteiger partial charge on any atom is -0.507 e. The summed E-state index contributed by atoms with van der Waals surface area (Å²) in [5.41, 5.74) is 2.82. The molecule has 1 aromatic rings. The summed E-state index contributed by atoms with van der Waals surface area (Å²) in [5.74, 6) is 8.40. The summed E-state index contributed by atoms with van der Waals surface area (Å²) in [4.78, 5) is 10.6. The second-order valence-electron chi connectivity index (χ2n) is 7.24. The number of aldehydes is 1. The summed E-state index contributed by atoms with van der Waals surface area (Å²) in [6.07, 6.45) is 2.20. The van der Waals surface area contributed by atoms with Crippen molar-refractivity contribution in [1.82, 2.24) is 0 Å². The number of hydrogen-bond donors (Lipinski definition) is 3. The number of phenolic OH excluding ortho intramolecular Hbond substituents is 1. The number of phenols is 1. The average Bonchev–Trinajstić information content (AvgIpc) is 2.37. The summed E-state index contributed by atoms with van der Waals surface area (Å²) in [7, 11) is 0. The molecule has 1 rings (SSSR count). The van der Waals surface area contributed by atoms with E-state index in [1.165, 1.54) is 0 Å². The first-order valence-electron chi connectivity index (χ1n) is 7.21. The van der Waals surface area contributed by atoms with Crippen molar-refractivity contribution in [3.63, 3.8) is 0 Å². The van der Waals surface area contributed by atoms with E-state index in [1.807, 2.05) is 12.1 Å². The number of carbonyl (C=O) groups is 1. The molecule has 0 amide bonds. The molecule has 0 radical (unpaired) electrons. The number of hydrogen-bond acceptors (Lipinski definition) is 4. The first kappa shape index (κ1) is 19.6. The lowest BCUT2D eigenvalue weighted by Crippen LogP contribution is -2.18. The highest BCUT2D eigenvalue weighted by Gasteiger charge is 2.26. The highest BCUT2D eigenvalue weighted by atomic mass is 16.3. The fourth-order valence-electron chi connectivity index (χ4n) is 2.21. The Morgan fingerprint density at radius 1 is 1.00 bits per heavy atom. The van der Waals surface area contributed by atoms with Gasteiger partial charge in [-0.25, -0.2) is 0 Å². The van der Waals surface area contributed by atoms with Gasteiger partial charge in [0.1, 0.15) is 12.0 Å². The van der Waals surface area contributed by atoms with Crippen LogP contribution >= 0.6 is 0 Å². The Balaban J connectivity index is 0.00000191. The number of benzene rings is 1. The van der Waals surface area contributed by atoms with Crippen molar-refractivity contribution in [1.29, 1.82) is 0 Å². The molecule has 0 aliphatic carbocycles. The zero-order chi connectivity index (χ0) is 16.8. The third-order valence-electron chi connectivity index (χ3n) is 3.34. The van der Waals surface area contributed by atoms with Gasteiger partial charge in [0.2, 0.25) is 0 Å². The summed E-state index contributed by atoms with van der Waals surface area (Å²) >= 11 is 0. The van der Waals surface area contributed by atoms with Crippen LogP contribution in [0.4, 0.5) is 0 Å². The number of rotatable bonds is 3. The van der Waals surface area contributed by atoms with E-state index >= 15 is 0 Å². The maximum atomic E-state index is 10.6. The van der Waals surface area contributed by atoms with Gasteiger partial charge in [-0.1, -0.05) is 53.7 Å². The predicted molar refractivity (Wildman–Crippen MR) is 88.3 cm³/mol. The molecule has 0 aromatic heterocycles. The number of aromatic hydroxyl groups is 1. The lowest BCUT2D eigenvalue weighted by Gasteiger charge is -2.28. The molecule has 0 heterocycles. The van der Waals surface area contributed by atoms with Crippen LogP contribution in [0.15, 0.2) is 12.1 Å². The Hall–Kier alpha value is -1.39. The van der Waals surface area contributed by atoms with E-state index in [-0.39, 0.29) is 10.8 Å². The van der Waals surface area contributed by atoms with Gasteiger partial charge in [-0.05, 0) is 33.9 Å². The van der Waals surface area contributed by atoms with E-state index in [2.05, 4.69) is 53.2 Å². The third kappa shape index (κ3) is 5.48. The molecule has 4 nitrogen and oxygen atoms in total. The van der Waals surface area contributed by atoms with Gasteiger partial charge in [0.25, 0.3) is 0 Å². The normalized spacial score (nSPS) is 11.6. The van der Waals surface area contributed by atoms with Crippen molar-refractivity contribution in [3.05, 3.63) is 28.8 Å². The number of aryl methyl sites for hydroxylation is 1. The largest absolute Gasteiger partial charge is 0.507 e. The standard InChI is InChI=1S/C17H26O2.H4N2/c1-16(2,3)13-10-12(8-7-9-18)11-14(15(13)19)17(4,5)6;1-2/h9-11,19H,7-8H2,1-6H3;1-2H2. The number of carbonyl (C=O) groups excluding carboxylic acids is 1. The molecular weight excluding hydrogens is 264 g/mol. The van der Waals surface area contributed by atoms with Crippen LogP contribution in [0.3, 0.4) is 0 Å². The van der Waals surface area contributed by atoms with Crippen LogP contribution in [-0.2, 0) is 22.0 Å². The smallest absolute Gasteiger partial charge is 0.123 e. The van der Waals surface area contributed by atoms with Crippen LogP contribution in [0.2, 0.25) is 0 Å². The molecule has 4 heteroatoms. The maximum absolute atomic E-state index is 10.6. The Morgan fingerprint density at radius 2 is 1.38 bits per heavy atom. The molecular formula is C17H30N2O2. The van der Waals surface area contributed by atoms with Crippen LogP contribution in [0, 0.1) is 0 Å². The Labute approximate surface area is 128 Å². The van der Waals surface area contributed by atoms with Crippen LogP contribution in [0.1, 0.15) is 64.7 Å². The zero-order valence-corrected chi connectivity index (χ0v) is 14.2. The van der Waals surface area contributed by atoms with Crippen LogP contribution in [-0.4, -0.2) is 11.4 Å². The van der Waals surface area contributed by atoms with Gasteiger partial charge in [0, 0.05) is 6.42 Å². The van der Waals surface area contributed by atoms with E-state index in [0.717, 1.165) is 29.4 Å². The van der Waals surface area contributed by atoms with Gasteiger partial charge in [-0.15, -0.1) is 0 Å². The molecule has 21 heavy (non-hydrogen) atoms. The van der Waals surface area contributed by atoms with Crippen molar-refractivity contribution in [2.45, 2.75) is 65.2 Å². The first-order chi connectivity index (χ1) is 9.57. The molecule has 120 valence electrons. The van der Waals surface area contributed by atoms with E-state index in [1.54, 1.807) is 0 Å². The maximum Gasteiger partial charge on any atom is 0.123 e. The first-order valence-corrected chi connectivity index (χ1v) is 7.21. The van der Waals surface area contributed by atoms with Gasteiger partial charge in [0.05, 0.1) is 0 Å². The summed E-state index contributed by atoms with van der Waals surface area (Å²) < 4.78 is 0. The molecule has 5 N–H and O–H groups in total. The van der Waals surface area contributed by atoms with Crippen molar-refractivity contribution in [2.24, 2.45) is 11.7 Å². The fourth-order valence-corrected chi connectivity index (χ4v) is 2.21. The van der Waals surface area contributed by atoms with Crippen molar-refractivity contribution >= 4 is 6.29 Å². The number of nitrogens with two attached hydrogens (primary N) is 2. The van der Waals surface area contributed by atoms with Gasteiger partial charge in [0.15, 0.2) is 0 Å². The predicted octanol–water partition coefficient (Wildman–Crippen LogP) is 2.94. The molecule has 0 spiro atoms. The molecule has 0 aliphatic heterocycles. The van der Waals surface area contributed by atoms with Crippen molar-refractivity contribution in [3.8, 4) is 5.75 Å². The van der Waals surface area contributed by atoms with Crippen molar-refractivity contribution in [2.75, 3.05) is 0 Å². The van der Waals surface area contributed by atoms with Gasteiger partial charge in [-0.2, -0.15) is 0 Å². The Morgan fingerprint density at radius 3 is 1.67 bits per heavy atom. The van der Waals surface area contributed by atoms with E-state index in [0.29, 0.717) is 12.2 Å². The molecule has 0 unspecified atom stereocenters. The highest BCUT2D eigenvalue weighted by Crippen LogP contribution is 2.39. The summed E-state index contributed by atoms with van der Waals surface area (Å²) in [6, 6.07) is 4.07. The fraction of sp³-hybridized carbons (Fsp3) is 0.588. The van der Waals surface area contributed by atoms with Crippen LogP contribution in [0.25, 0.3) is 0 Å². The second-order valence-corrected chi connectivity index (χ2v) is 7.24. The van der Waals surface area contributed by atoms with E-state index in [9.17, 15) is 9.90 Å². The Bertz CT molecular complexity index is 434. The van der Waals surface area contributed by atoms with Gasteiger partial charge < -0.3 is 9.90 Å². The average molecular weight is 294 g/mol. The topological polar surface area (TPSA) is 89.3 Å². The van der Waals surface area contributed by atoms with Gasteiger partial charge >= 0.3 is 0 Å². The SMILES string of the molecule is CC(C)(C)c1cc(CCC=O)cc(C(C)(C)C)c1O.NN. The van der Waals surface area contributed by atoms with Crippen LogP contribution in [0.5, 0.6) is 5.75 Å². The molecule has 1 aromatic carbocycles. The van der Waals surface area contributed by atoms with E-state index < -0.39 is 0 Å². The van der Waals surface area contributed by atoms with E-state index in [4.69, 9.17) is 0 Å². The minimum atomic E-state index is -0.110. The Kier molecular flexibility index (Phi) is 7.07. The molecule has 0 bridgehead atoms. The summed E-state index contributed by atoms with van der Waals surface area (Å²) in [6.45, 7) is 12.6. The molecule has 0 aliphatic rings. The molecule has 0 saturated carbocycles. The second kappa shape index (κ2) is 7.57. The molecule has 0 fully saturated rings. The highest BCUT2D eigenvalue weighted by molar-refractivity contribution is 5.53.